The molecular weight excluding hydrogens is 362 g/mol. The van der Waals surface area contributed by atoms with Crippen LogP contribution in [0.15, 0.2) is 23.2 Å². The maximum Gasteiger partial charge on any atom is 0.243 e. The zero-order chi connectivity index (χ0) is 19.1. The normalized spacial score (nSPS) is 32.9. The quantitative estimate of drug-likeness (QED) is 0.851. The lowest BCUT2D eigenvalue weighted by Crippen LogP contribution is -2.49. The number of pyridine rings is 1. The van der Waals surface area contributed by atoms with Crippen molar-refractivity contribution >= 4 is 15.8 Å². The molecule has 0 spiro atoms. The Morgan fingerprint density at radius 1 is 1.11 bits per heavy atom. The fourth-order valence-corrected chi connectivity index (χ4v) is 6.76. The zero-order valence-electron chi connectivity index (χ0n) is 16.2. The Balaban J connectivity index is 1.61. The summed E-state index contributed by atoms with van der Waals surface area (Å²) in [5.41, 5.74) is -0.648. The lowest BCUT2D eigenvalue weighted by Gasteiger charge is -2.43. The van der Waals surface area contributed by atoms with Gasteiger partial charge >= 0.3 is 0 Å². The SMILES string of the molecule is CC1(O)CCCCC1C1CCCN1c1cc(S(=O)(=O)N2CCCC2)ccn1. The molecule has 1 aromatic rings. The molecule has 3 aliphatic rings. The summed E-state index contributed by atoms with van der Waals surface area (Å²) in [4.78, 5) is 7.10. The second-order valence-electron chi connectivity index (χ2n) is 8.57. The number of hydrogen-bond acceptors (Lipinski definition) is 5. The molecule has 1 N–H and O–H groups in total. The predicted molar refractivity (Wildman–Crippen MR) is 105 cm³/mol. The highest BCUT2D eigenvalue weighted by Crippen LogP contribution is 2.42. The molecule has 3 unspecified atom stereocenters. The van der Waals surface area contributed by atoms with E-state index in [-0.39, 0.29) is 12.0 Å². The van der Waals surface area contributed by atoms with Crippen molar-refractivity contribution in [2.75, 3.05) is 24.5 Å². The lowest BCUT2D eigenvalue weighted by atomic mass is 9.72. The number of nitrogens with zero attached hydrogens (tertiary/aromatic N) is 3. The van der Waals surface area contributed by atoms with Gasteiger partial charge in [0.25, 0.3) is 0 Å². The number of anilines is 1. The van der Waals surface area contributed by atoms with Crippen LogP contribution in [-0.4, -0.2) is 54.1 Å². The first kappa shape index (κ1) is 19.2. The van der Waals surface area contributed by atoms with Gasteiger partial charge in [0.05, 0.1) is 10.5 Å². The summed E-state index contributed by atoms with van der Waals surface area (Å²) in [5, 5.41) is 10.9. The molecule has 27 heavy (non-hydrogen) atoms. The van der Waals surface area contributed by atoms with Crippen LogP contribution in [0.3, 0.4) is 0 Å². The van der Waals surface area contributed by atoms with Crippen LogP contribution in [-0.2, 0) is 10.0 Å². The minimum absolute atomic E-state index is 0.217. The first-order chi connectivity index (χ1) is 12.9. The zero-order valence-corrected chi connectivity index (χ0v) is 17.0. The molecule has 3 heterocycles. The second-order valence-corrected chi connectivity index (χ2v) is 10.5. The molecule has 2 saturated heterocycles. The van der Waals surface area contributed by atoms with E-state index in [9.17, 15) is 13.5 Å². The van der Waals surface area contributed by atoms with Crippen molar-refractivity contribution in [2.45, 2.75) is 74.8 Å². The van der Waals surface area contributed by atoms with E-state index in [0.29, 0.717) is 18.0 Å². The third kappa shape index (κ3) is 3.61. The number of aliphatic hydroxyl groups is 1. The summed E-state index contributed by atoms with van der Waals surface area (Å²) in [6, 6.07) is 3.58. The van der Waals surface area contributed by atoms with Crippen LogP contribution in [0.2, 0.25) is 0 Å². The molecule has 7 heteroatoms. The summed E-state index contributed by atoms with van der Waals surface area (Å²) in [6.07, 6.45) is 9.68. The summed E-state index contributed by atoms with van der Waals surface area (Å²) < 4.78 is 27.4. The van der Waals surface area contributed by atoms with Crippen molar-refractivity contribution in [1.82, 2.24) is 9.29 Å². The van der Waals surface area contributed by atoms with E-state index in [0.717, 1.165) is 63.7 Å². The van der Waals surface area contributed by atoms with Crippen LogP contribution in [0.4, 0.5) is 5.82 Å². The standard InChI is InChI=1S/C20H31N3O3S/c1-20(24)10-3-2-7-17(20)18-8-6-14-23(18)19-15-16(9-11-21-19)27(25,26)22-12-4-5-13-22/h9,11,15,17-18,24H,2-8,10,12-14H2,1H3. The summed E-state index contributed by atoms with van der Waals surface area (Å²) in [7, 11) is -3.44. The van der Waals surface area contributed by atoms with Gasteiger partial charge in [-0.15, -0.1) is 0 Å². The Kier molecular flexibility index (Phi) is 5.20. The van der Waals surface area contributed by atoms with E-state index in [1.807, 2.05) is 6.92 Å². The Bertz CT molecular complexity index is 774. The van der Waals surface area contributed by atoms with Crippen LogP contribution in [0.1, 0.15) is 58.3 Å². The minimum atomic E-state index is -3.44. The lowest BCUT2D eigenvalue weighted by molar-refractivity contribution is -0.0411. The van der Waals surface area contributed by atoms with Gasteiger partial charge in [0.2, 0.25) is 10.0 Å². The number of aromatic nitrogens is 1. The highest BCUT2D eigenvalue weighted by molar-refractivity contribution is 7.89. The van der Waals surface area contributed by atoms with E-state index >= 15 is 0 Å². The van der Waals surface area contributed by atoms with Crippen LogP contribution in [0.25, 0.3) is 0 Å². The molecule has 1 saturated carbocycles. The first-order valence-corrected chi connectivity index (χ1v) is 11.8. The number of rotatable bonds is 4. The third-order valence-corrected chi connectivity index (χ3v) is 8.62. The van der Waals surface area contributed by atoms with Crippen LogP contribution >= 0.6 is 0 Å². The van der Waals surface area contributed by atoms with Gasteiger partial charge < -0.3 is 10.0 Å². The molecular formula is C20H31N3O3S. The highest BCUT2D eigenvalue weighted by Gasteiger charge is 2.43. The van der Waals surface area contributed by atoms with Gasteiger partial charge in [-0.3, -0.25) is 0 Å². The van der Waals surface area contributed by atoms with Crippen molar-refractivity contribution in [3.63, 3.8) is 0 Å². The molecule has 1 aromatic heterocycles. The largest absolute Gasteiger partial charge is 0.390 e. The molecule has 3 atom stereocenters. The summed E-state index contributed by atoms with van der Waals surface area (Å²) in [6.45, 7) is 4.06. The molecule has 0 radical (unpaired) electrons. The highest BCUT2D eigenvalue weighted by atomic mass is 32.2. The topological polar surface area (TPSA) is 73.7 Å². The summed E-state index contributed by atoms with van der Waals surface area (Å²) >= 11 is 0. The molecule has 150 valence electrons. The van der Waals surface area contributed by atoms with Gasteiger partial charge in [-0.2, -0.15) is 4.31 Å². The van der Waals surface area contributed by atoms with Crippen LogP contribution < -0.4 is 4.90 Å². The van der Waals surface area contributed by atoms with Crippen molar-refractivity contribution in [3.8, 4) is 0 Å². The molecule has 3 fully saturated rings. The van der Waals surface area contributed by atoms with E-state index in [4.69, 9.17) is 0 Å². The Morgan fingerprint density at radius 2 is 1.89 bits per heavy atom. The fraction of sp³-hybridized carbons (Fsp3) is 0.750. The predicted octanol–water partition coefficient (Wildman–Crippen LogP) is 2.78. The summed E-state index contributed by atoms with van der Waals surface area (Å²) in [5.74, 6) is 0.952. The van der Waals surface area contributed by atoms with E-state index in [1.165, 1.54) is 0 Å². The maximum atomic E-state index is 12.9. The molecule has 0 amide bonds. The van der Waals surface area contributed by atoms with Crippen molar-refractivity contribution in [2.24, 2.45) is 5.92 Å². The molecule has 0 bridgehead atoms. The third-order valence-electron chi connectivity index (χ3n) is 6.72. The number of sulfonamides is 1. The van der Waals surface area contributed by atoms with Crippen LogP contribution in [0, 0.1) is 5.92 Å². The van der Waals surface area contributed by atoms with E-state index < -0.39 is 15.6 Å². The molecule has 6 nitrogen and oxygen atoms in total. The fourth-order valence-electron chi connectivity index (χ4n) is 5.24. The first-order valence-electron chi connectivity index (χ1n) is 10.3. The Labute approximate surface area is 162 Å². The van der Waals surface area contributed by atoms with Crippen molar-refractivity contribution in [3.05, 3.63) is 18.3 Å². The van der Waals surface area contributed by atoms with Gasteiger partial charge in [-0.05, 0) is 51.5 Å². The maximum absolute atomic E-state index is 12.9. The van der Waals surface area contributed by atoms with Gasteiger partial charge in [-0.1, -0.05) is 12.8 Å². The Morgan fingerprint density at radius 3 is 2.63 bits per heavy atom. The van der Waals surface area contributed by atoms with Gasteiger partial charge in [0, 0.05) is 43.9 Å². The second kappa shape index (κ2) is 7.33. The van der Waals surface area contributed by atoms with Gasteiger partial charge in [-0.25, -0.2) is 13.4 Å². The molecule has 0 aromatic carbocycles. The average molecular weight is 394 g/mol. The van der Waals surface area contributed by atoms with Gasteiger partial charge in [0.15, 0.2) is 0 Å². The molecule has 2 aliphatic heterocycles. The van der Waals surface area contributed by atoms with Crippen LogP contribution in [0.5, 0.6) is 0 Å². The smallest absolute Gasteiger partial charge is 0.243 e. The van der Waals surface area contributed by atoms with E-state index in [2.05, 4.69) is 9.88 Å². The Hall–Kier alpha value is -1.18. The molecule has 1 aliphatic carbocycles. The molecule has 4 rings (SSSR count). The van der Waals surface area contributed by atoms with E-state index in [1.54, 1.807) is 22.6 Å². The van der Waals surface area contributed by atoms with Crippen molar-refractivity contribution in [1.29, 1.82) is 0 Å². The van der Waals surface area contributed by atoms with Crippen molar-refractivity contribution < 1.29 is 13.5 Å². The number of hydrogen-bond donors (Lipinski definition) is 1. The van der Waals surface area contributed by atoms with Gasteiger partial charge in [0.1, 0.15) is 5.82 Å². The monoisotopic (exact) mass is 393 g/mol. The average Bonchev–Trinajstić information content (AvgIpc) is 3.34. The minimum Gasteiger partial charge on any atom is -0.390 e.